The first-order chi connectivity index (χ1) is 13.4. The molecule has 0 aromatic carbocycles. The summed E-state index contributed by atoms with van der Waals surface area (Å²) in [6, 6.07) is 10.3. The second-order valence-electron chi connectivity index (χ2n) is 6.99. The van der Waals surface area contributed by atoms with Gasteiger partial charge in [0, 0.05) is 55.2 Å². The van der Waals surface area contributed by atoms with Crippen molar-refractivity contribution in [2.45, 2.75) is 18.9 Å². The van der Waals surface area contributed by atoms with Crippen LogP contribution in [-0.4, -0.2) is 42.6 Å². The summed E-state index contributed by atoms with van der Waals surface area (Å²) in [6.45, 7) is 3.02. The molecule has 0 saturated carbocycles. The molecule has 0 unspecified atom stereocenters. The molecule has 4 aromatic rings. The van der Waals surface area contributed by atoms with Gasteiger partial charge in [-0.15, -0.1) is 0 Å². The molecule has 6 nitrogen and oxygen atoms in total. The molecule has 0 bridgehead atoms. The predicted octanol–water partition coefficient (Wildman–Crippen LogP) is 3.18. The van der Waals surface area contributed by atoms with E-state index in [4.69, 9.17) is 0 Å². The van der Waals surface area contributed by atoms with Crippen LogP contribution in [0.25, 0.3) is 16.9 Å². The highest BCUT2D eigenvalue weighted by atomic mass is 15.2. The van der Waals surface area contributed by atoms with Crippen LogP contribution in [0, 0.1) is 0 Å². The zero-order valence-electron chi connectivity index (χ0n) is 14.9. The van der Waals surface area contributed by atoms with Crippen LogP contribution in [0.3, 0.4) is 0 Å². The van der Waals surface area contributed by atoms with E-state index in [9.17, 15) is 0 Å². The predicted molar refractivity (Wildman–Crippen MR) is 103 cm³/mol. The molecular formula is C21H20N6. The summed E-state index contributed by atoms with van der Waals surface area (Å²) in [4.78, 5) is 15.6. The lowest BCUT2D eigenvalue weighted by molar-refractivity contribution is 0.328. The normalized spacial score (nSPS) is 17.6. The van der Waals surface area contributed by atoms with Gasteiger partial charge in [-0.1, -0.05) is 0 Å². The van der Waals surface area contributed by atoms with Gasteiger partial charge in [-0.3, -0.25) is 14.9 Å². The number of hydrogen-bond acceptors (Lipinski definition) is 5. The molecule has 27 heavy (non-hydrogen) atoms. The largest absolute Gasteiger partial charge is 0.298 e. The summed E-state index contributed by atoms with van der Waals surface area (Å²) in [5.41, 5.74) is 5.62. The average molecular weight is 356 g/mol. The molecule has 1 aliphatic heterocycles. The Bertz CT molecular complexity index is 1060. The van der Waals surface area contributed by atoms with Crippen LogP contribution >= 0.6 is 0 Å². The minimum atomic E-state index is 0.531. The smallest absolute Gasteiger partial charge is 0.159 e. The van der Waals surface area contributed by atoms with Crippen LogP contribution in [0.4, 0.5) is 0 Å². The molecule has 1 atom stereocenters. The van der Waals surface area contributed by atoms with Gasteiger partial charge in [0.1, 0.15) is 0 Å². The van der Waals surface area contributed by atoms with Gasteiger partial charge in [-0.25, -0.2) is 9.50 Å². The minimum Gasteiger partial charge on any atom is -0.298 e. The van der Waals surface area contributed by atoms with Gasteiger partial charge in [0.2, 0.25) is 0 Å². The molecule has 134 valence electrons. The summed E-state index contributed by atoms with van der Waals surface area (Å²) >= 11 is 0. The molecular weight excluding hydrogens is 336 g/mol. The van der Waals surface area contributed by atoms with E-state index in [1.54, 1.807) is 0 Å². The van der Waals surface area contributed by atoms with Gasteiger partial charge in [-0.05, 0) is 54.8 Å². The van der Waals surface area contributed by atoms with Crippen molar-refractivity contribution >= 4 is 5.65 Å². The molecule has 0 radical (unpaired) electrons. The highest BCUT2D eigenvalue weighted by Crippen LogP contribution is 2.30. The molecule has 5 heterocycles. The topological polar surface area (TPSA) is 59.2 Å². The standard InChI is InChI=1S/C21H20N6/c1-6-24-21-19(13-25-27(21)10-1)15-26-11-5-18(14-26)17-4-9-23-20(12-17)16-2-7-22-8-3-16/h1-4,6-10,12-13,18H,5,11,14-15H2/t18-/m0/s1. The fraction of sp³-hybridized carbons (Fsp3) is 0.238. The fourth-order valence-electron chi connectivity index (χ4n) is 3.86. The quantitative estimate of drug-likeness (QED) is 0.562. The Kier molecular flexibility index (Phi) is 4.10. The van der Waals surface area contributed by atoms with E-state index in [2.05, 4.69) is 37.1 Å². The van der Waals surface area contributed by atoms with Crippen molar-refractivity contribution in [3.8, 4) is 11.3 Å². The van der Waals surface area contributed by atoms with E-state index >= 15 is 0 Å². The summed E-state index contributed by atoms with van der Waals surface area (Å²) < 4.78 is 1.84. The Labute approximate surface area is 157 Å². The highest BCUT2D eigenvalue weighted by molar-refractivity contribution is 5.59. The second-order valence-corrected chi connectivity index (χ2v) is 6.99. The highest BCUT2D eigenvalue weighted by Gasteiger charge is 2.25. The van der Waals surface area contributed by atoms with Crippen LogP contribution in [0.1, 0.15) is 23.5 Å². The van der Waals surface area contributed by atoms with Gasteiger partial charge in [0.05, 0.1) is 11.9 Å². The van der Waals surface area contributed by atoms with Gasteiger partial charge < -0.3 is 0 Å². The number of nitrogens with zero attached hydrogens (tertiary/aromatic N) is 6. The van der Waals surface area contributed by atoms with E-state index in [1.807, 2.05) is 59.9 Å². The van der Waals surface area contributed by atoms with Crippen LogP contribution < -0.4 is 0 Å². The fourth-order valence-corrected chi connectivity index (χ4v) is 3.86. The molecule has 6 heteroatoms. The number of aromatic nitrogens is 5. The number of hydrogen-bond donors (Lipinski definition) is 0. The third-order valence-electron chi connectivity index (χ3n) is 5.25. The SMILES string of the molecule is c1cnc2c(CN3CC[C@H](c4ccnc(-c5ccncc5)c4)C3)cnn2c1. The van der Waals surface area contributed by atoms with Crippen LogP contribution in [0.2, 0.25) is 0 Å². The van der Waals surface area contributed by atoms with E-state index in [-0.39, 0.29) is 0 Å². The molecule has 1 aliphatic rings. The summed E-state index contributed by atoms with van der Waals surface area (Å²) in [7, 11) is 0. The average Bonchev–Trinajstić information content (AvgIpc) is 3.37. The molecule has 0 spiro atoms. The molecule has 0 aliphatic carbocycles. The van der Waals surface area contributed by atoms with Crippen molar-refractivity contribution in [2.24, 2.45) is 0 Å². The molecule has 0 amide bonds. The zero-order valence-corrected chi connectivity index (χ0v) is 14.9. The second kappa shape index (κ2) is 6.89. The summed E-state index contributed by atoms with van der Waals surface area (Å²) in [5.74, 6) is 0.531. The lowest BCUT2D eigenvalue weighted by Crippen LogP contribution is -2.19. The first kappa shape index (κ1) is 16.1. The Morgan fingerprint density at radius 1 is 1.04 bits per heavy atom. The maximum Gasteiger partial charge on any atom is 0.159 e. The van der Waals surface area contributed by atoms with Crippen LogP contribution in [-0.2, 0) is 6.54 Å². The molecule has 5 rings (SSSR count). The van der Waals surface area contributed by atoms with Gasteiger partial charge in [0.25, 0.3) is 0 Å². The van der Waals surface area contributed by atoms with Crippen molar-refractivity contribution in [2.75, 3.05) is 13.1 Å². The first-order valence-electron chi connectivity index (χ1n) is 9.23. The Morgan fingerprint density at radius 3 is 2.89 bits per heavy atom. The van der Waals surface area contributed by atoms with E-state index in [0.29, 0.717) is 5.92 Å². The molecule has 4 aromatic heterocycles. The number of likely N-dealkylation sites (tertiary alicyclic amines) is 1. The van der Waals surface area contributed by atoms with Gasteiger partial charge >= 0.3 is 0 Å². The Balaban J connectivity index is 1.32. The van der Waals surface area contributed by atoms with Gasteiger partial charge in [-0.2, -0.15) is 5.10 Å². The van der Waals surface area contributed by atoms with Crippen molar-refractivity contribution in [1.82, 2.24) is 29.5 Å². The van der Waals surface area contributed by atoms with Gasteiger partial charge in [0.15, 0.2) is 5.65 Å². The molecule has 1 fully saturated rings. The van der Waals surface area contributed by atoms with Crippen molar-refractivity contribution in [1.29, 1.82) is 0 Å². The van der Waals surface area contributed by atoms with E-state index < -0.39 is 0 Å². The number of rotatable bonds is 4. The first-order valence-corrected chi connectivity index (χ1v) is 9.23. The maximum absolute atomic E-state index is 4.53. The third-order valence-corrected chi connectivity index (χ3v) is 5.25. The third kappa shape index (κ3) is 3.19. The lowest BCUT2D eigenvalue weighted by Gasteiger charge is -2.15. The van der Waals surface area contributed by atoms with Crippen LogP contribution in [0.5, 0.6) is 0 Å². The Morgan fingerprint density at radius 2 is 1.96 bits per heavy atom. The summed E-state index contributed by atoms with van der Waals surface area (Å²) in [6.07, 6.45) is 12.4. The Hall–Kier alpha value is -3.12. The molecule has 1 saturated heterocycles. The lowest BCUT2D eigenvalue weighted by atomic mass is 9.97. The van der Waals surface area contributed by atoms with Crippen molar-refractivity contribution < 1.29 is 0 Å². The van der Waals surface area contributed by atoms with E-state index in [0.717, 1.165) is 43.0 Å². The van der Waals surface area contributed by atoms with Crippen molar-refractivity contribution in [3.63, 3.8) is 0 Å². The minimum absolute atomic E-state index is 0.531. The number of pyridine rings is 2. The maximum atomic E-state index is 4.53. The zero-order chi connectivity index (χ0) is 18.1. The summed E-state index contributed by atoms with van der Waals surface area (Å²) in [5, 5.41) is 4.40. The molecule has 0 N–H and O–H groups in total. The van der Waals surface area contributed by atoms with Crippen molar-refractivity contribution in [3.05, 3.63) is 78.6 Å². The number of fused-ring (bicyclic) bond motifs is 1. The monoisotopic (exact) mass is 356 g/mol. The van der Waals surface area contributed by atoms with Crippen LogP contribution in [0.15, 0.2) is 67.5 Å². The van der Waals surface area contributed by atoms with E-state index in [1.165, 1.54) is 11.1 Å².